The fourth-order valence-electron chi connectivity index (χ4n) is 4.05. The van der Waals surface area contributed by atoms with Crippen molar-refractivity contribution in [2.24, 2.45) is 5.92 Å². The summed E-state index contributed by atoms with van der Waals surface area (Å²) in [5.74, 6) is -0.723. The third-order valence-corrected chi connectivity index (χ3v) is 5.52. The van der Waals surface area contributed by atoms with Crippen molar-refractivity contribution in [3.05, 3.63) is 48.7 Å². The number of allylic oxidation sites excluding steroid dienone is 1. The Labute approximate surface area is 165 Å². The molecule has 0 aliphatic heterocycles. The van der Waals surface area contributed by atoms with Crippen molar-refractivity contribution >= 4 is 23.0 Å². The Morgan fingerprint density at radius 2 is 2.18 bits per heavy atom. The number of ether oxygens (including phenoxy) is 1. The smallest absolute Gasteiger partial charge is 0.408 e. The zero-order valence-electron chi connectivity index (χ0n) is 16.0. The lowest BCUT2D eigenvalue weighted by atomic mass is 9.98. The van der Waals surface area contributed by atoms with E-state index in [2.05, 4.69) is 16.9 Å². The van der Waals surface area contributed by atoms with E-state index in [0.717, 1.165) is 55.0 Å². The van der Waals surface area contributed by atoms with Gasteiger partial charge < -0.3 is 20.1 Å². The molecule has 1 heterocycles. The maximum absolute atomic E-state index is 12.4. The van der Waals surface area contributed by atoms with E-state index in [4.69, 9.17) is 4.74 Å². The third kappa shape index (κ3) is 4.94. The molecule has 0 saturated heterocycles. The standard InChI is InChI=1S/C22H28N2O4/c1-2-3-4-8-15-9-7-12-20(15)28-22(27)24-19(21(25)26)13-16-14-23-18-11-6-5-10-17(16)18/h2,5-6,10-11,14-15,19-20,23H,1,3-4,7-9,12-13H2,(H,24,27)(H,25,26)/t15-,19+,20-/m1/s1. The second kappa shape index (κ2) is 9.44. The number of unbranched alkanes of at least 4 members (excludes halogenated alkanes) is 1. The molecule has 1 amide bonds. The minimum atomic E-state index is -1.07. The molecule has 150 valence electrons. The molecule has 3 N–H and O–H groups in total. The SMILES string of the molecule is C=CCCC[C@@H]1CCC[C@H]1OC(=O)N[C@@H](Cc1c[nH]c2ccccc12)C(=O)O. The first-order valence-corrected chi connectivity index (χ1v) is 9.94. The van der Waals surface area contributed by atoms with Crippen LogP contribution in [0.2, 0.25) is 0 Å². The van der Waals surface area contributed by atoms with Gasteiger partial charge in [-0.2, -0.15) is 0 Å². The van der Waals surface area contributed by atoms with Crippen LogP contribution in [0.3, 0.4) is 0 Å². The number of hydrogen-bond donors (Lipinski definition) is 3. The molecule has 28 heavy (non-hydrogen) atoms. The maximum atomic E-state index is 12.4. The van der Waals surface area contributed by atoms with Gasteiger partial charge in [0, 0.05) is 23.5 Å². The van der Waals surface area contributed by atoms with Crippen LogP contribution in [-0.2, 0) is 16.0 Å². The van der Waals surface area contributed by atoms with Gasteiger partial charge in [-0.15, -0.1) is 6.58 Å². The van der Waals surface area contributed by atoms with E-state index in [1.165, 1.54) is 0 Å². The van der Waals surface area contributed by atoms with E-state index in [1.807, 2.05) is 30.3 Å². The van der Waals surface area contributed by atoms with E-state index in [1.54, 1.807) is 6.20 Å². The molecule has 1 aromatic heterocycles. The topological polar surface area (TPSA) is 91.4 Å². The van der Waals surface area contributed by atoms with Gasteiger partial charge in [0.05, 0.1) is 0 Å². The van der Waals surface area contributed by atoms with E-state index in [9.17, 15) is 14.7 Å². The van der Waals surface area contributed by atoms with E-state index < -0.39 is 18.1 Å². The molecule has 3 atom stereocenters. The Hall–Kier alpha value is -2.76. The Kier molecular flexibility index (Phi) is 6.74. The van der Waals surface area contributed by atoms with Crippen LogP contribution in [0.4, 0.5) is 4.79 Å². The van der Waals surface area contributed by atoms with Crippen LogP contribution < -0.4 is 5.32 Å². The number of carboxylic acids is 1. The molecule has 1 fully saturated rings. The van der Waals surface area contributed by atoms with Gasteiger partial charge in [0.2, 0.25) is 0 Å². The summed E-state index contributed by atoms with van der Waals surface area (Å²) >= 11 is 0. The number of benzene rings is 1. The molecule has 0 unspecified atom stereocenters. The highest BCUT2D eigenvalue weighted by Gasteiger charge is 2.31. The van der Waals surface area contributed by atoms with Crippen molar-refractivity contribution in [2.75, 3.05) is 0 Å². The molecule has 0 radical (unpaired) electrons. The summed E-state index contributed by atoms with van der Waals surface area (Å²) < 4.78 is 5.59. The minimum absolute atomic E-state index is 0.132. The van der Waals surface area contributed by atoms with E-state index in [0.29, 0.717) is 5.92 Å². The first-order chi connectivity index (χ1) is 13.6. The highest BCUT2D eigenvalue weighted by molar-refractivity contribution is 5.85. The summed E-state index contributed by atoms with van der Waals surface area (Å²) in [6.45, 7) is 3.74. The number of aliphatic carboxylic acids is 1. The molecule has 2 aromatic rings. The number of carbonyl (C=O) groups excluding carboxylic acids is 1. The van der Waals surface area contributed by atoms with Crippen LogP contribution in [0, 0.1) is 5.92 Å². The molecule has 0 bridgehead atoms. The molecule has 1 aliphatic carbocycles. The van der Waals surface area contributed by atoms with Crippen LogP contribution in [0.25, 0.3) is 10.9 Å². The summed E-state index contributed by atoms with van der Waals surface area (Å²) in [6.07, 6.45) is 9.03. The van der Waals surface area contributed by atoms with Crippen molar-refractivity contribution < 1.29 is 19.4 Å². The summed E-state index contributed by atoms with van der Waals surface area (Å²) in [5.41, 5.74) is 1.80. The van der Waals surface area contributed by atoms with Crippen LogP contribution in [0.5, 0.6) is 0 Å². The van der Waals surface area contributed by atoms with Crippen LogP contribution in [0.1, 0.15) is 44.1 Å². The van der Waals surface area contributed by atoms with Crippen molar-refractivity contribution in [3.8, 4) is 0 Å². The zero-order chi connectivity index (χ0) is 19.9. The number of para-hydroxylation sites is 1. The van der Waals surface area contributed by atoms with Crippen LogP contribution in [-0.4, -0.2) is 34.3 Å². The zero-order valence-corrected chi connectivity index (χ0v) is 16.0. The van der Waals surface area contributed by atoms with Gasteiger partial charge in [-0.1, -0.05) is 24.3 Å². The van der Waals surface area contributed by atoms with Gasteiger partial charge in [0.15, 0.2) is 0 Å². The van der Waals surface area contributed by atoms with Gasteiger partial charge in [0.1, 0.15) is 12.1 Å². The summed E-state index contributed by atoms with van der Waals surface area (Å²) in [5, 5.41) is 13.1. The highest BCUT2D eigenvalue weighted by Crippen LogP contribution is 2.32. The highest BCUT2D eigenvalue weighted by atomic mass is 16.6. The number of aromatic nitrogens is 1. The summed E-state index contributed by atoms with van der Waals surface area (Å²) in [7, 11) is 0. The molecular formula is C22H28N2O4. The van der Waals surface area contributed by atoms with E-state index >= 15 is 0 Å². The number of amides is 1. The number of alkyl carbamates (subject to hydrolysis) is 1. The van der Waals surface area contributed by atoms with Crippen molar-refractivity contribution in [1.82, 2.24) is 10.3 Å². The van der Waals surface area contributed by atoms with Gasteiger partial charge in [-0.05, 0) is 56.1 Å². The van der Waals surface area contributed by atoms with Gasteiger partial charge in [-0.3, -0.25) is 0 Å². The molecule has 6 nitrogen and oxygen atoms in total. The molecule has 3 rings (SSSR count). The number of carbonyl (C=O) groups is 2. The second-order valence-electron chi connectivity index (χ2n) is 7.45. The van der Waals surface area contributed by atoms with Crippen molar-refractivity contribution in [2.45, 2.75) is 57.1 Å². The maximum Gasteiger partial charge on any atom is 0.408 e. The van der Waals surface area contributed by atoms with Crippen molar-refractivity contribution in [1.29, 1.82) is 0 Å². The van der Waals surface area contributed by atoms with Crippen LogP contribution in [0.15, 0.2) is 43.1 Å². The summed E-state index contributed by atoms with van der Waals surface area (Å²) in [4.78, 5) is 27.2. The predicted molar refractivity (Wildman–Crippen MR) is 108 cm³/mol. The largest absolute Gasteiger partial charge is 0.480 e. The fourth-order valence-corrected chi connectivity index (χ4v) is 4.05. The number of carboxylic acid groups (broad SMARTS) is 1. The Bertz CT molecular complexity index is 829. The minimum Gasteiger partial charge on any atom is -0.480 e. The number of fused-ring (bicyclic) bond motifs is 1. The lowest BCUT2D eigenvalue weighted by molar-refractivity contribution is -0.139. The van der Waals surface area contributed by atoms with Gasteiger partial charge in [-0.25, -0.2) is 9.59 Å². The van der Waals surface area contributed by atoms with Crippen LogP contribution >= 0.6 is 0 Å². The number of hydrogen-bond acceptors (Lipinski definition) is 3. The first kappa shape index (κ1) is 20.0. The number of aromatic amines is 1. The number of H-pyrrole nitrogens is 1. The molecular weight excluding hydrogens is 356 g/mol. The molecule has 1 aromatic carbocycles. The predicted octanol–water partition coefficient (Wildman–Crippen LogP) is 4.41. The van der Waals surface area contributed by atoms with Gasteiger partial charge >= 0.3 is 12.1 Å². The molecule has 6 heteroatoms. The second-order valence-corrected chi connectivity index (χ2v) is 7.45. The monoisotopic (exact) mass is 384 g/mol. The number of nitrogens with one attached hydrogen (secondary N) is 2. The van der Waals surface area contributed by atoms with Crippen molar-refractivity contribution in [3.63, 3.8) is 0 Å². The van der Waals surface area contributed by atoms with E-state index in [-0.39, 0.29) is 12.5 Å². The first-order valence-electron chi connectivity index (χ1n) is 9.94. The normalized spacial score (nSPS) is 20.0. The fraction of sp³-hybridized carbons (Fsp3) is 0.455. The molecule has 1 aliphatic rings. The Balaban J connectivity index is 1.58. The quantitative estimate of drug-likeness (QED) is 0.441. The summed E-state index contributed by atoms with van der Waals surface area (Å²) in [6, 6.07) is 6.66. The van der Waals surface area contributed by atoms with Gasteiger partial charge in [0.25, 0.3) is 0 Å². The molecule has 0 spiro atoms. The number of rotatable bonds is 9. The average molecular weight is 384 g/mol. The Morgan fingerprint density at radius 1 is 1.36 bits per heavy atom. The Morgan fingerprint density at radius 3 is 2.96 bits per heavy atom. The average Bonchev–Trinajstić information content (AvgIpc) is 3.28. The third-order valence-electron chi connectivity index (χ3n) is 5.52. The lowest BCUT2D eigenvalue weighted by Crippen LogP contribution is -2.44. The lowest BCUT2D eigenvalue weighted by Gasteiger charge is -2.22. The molecule has 1 saturated carbocycles.